The minimum absolute atomic E-state index is 0.162. The molecule has 1 fully saturated rings. The van der Waals surface area contributed by atoms with Crippen LogP contribution >= 0.6 is 11.3 Å². The van der Waals surface area contributed by atoms with Crippen LogP contribution in [0.5, 0.6) is 5.75 Å². The summed E-state index contributed by atoms with van der Waals surface area (Å²) in [5.41, 5.74) is 0.757. The standard InChI is InChI=1S/C20H23F3N2O3S/c1-19(2,3)28-18(26)25-11-5-4-6-16(25)17-24-15(12-29-17)13-7-9-14(10-8-13)27-20(21,22)23/h7-10,12,16H,4-6,11H2,1-3H3. The summed E-state index contributed by atoms with van der Waals surface area (Å²) in [5.74, 6) is -0.278. The molecule has 1 aliphatic heterocycles. The van der Waals surface area contributed by atoms with Gasteiger partial charge in [-0.2, -0.15) is 0 Å². The number of amides is 1. The van der Waals surface area contributed by atoms with Gasteiger partial charge in [-0.05, 0) is 64.3 Å². The highest BCUT2D eigenvalue weighted by Crippen LogP contribution is 2.36. The van der Waals surface area contributed by atoms with Gasteiger partial charge in [0.15, 0.2) is 0 Å². The van der Waals surface area contributed by atoms with Crippen LogP contribution < -0.4 is 4.74 Å². The molecule has 1 atom stereocenters. The number of hydrogen-bond donors (Lipinski definition) is 0. The summed E-state index contributed by atoms with van der Waals surface area (Å²) in [5, 5.41) is 2.64. The van der Waals surface area contributed by atoms with E-state index in [0.717, 1.165) is 24.3 Å². The average Bonchev–Trinajstić information content (AvgIpc) is 3.09. The molecule has 9 heteroatoms. The molecule has 2 heterocycles. The molecule has 5 nitrogen and oxygen atoms in total. The number of piperidine rings is 1. The summed E-state index contributed by atoms with van der Waals surface area (Å²) in [6.45, 7) is 6.10. The third-order valence-electron chi connectivity index (χ3n) is 4.32. The molecule has 1 saturated heterocycles. The van der Waals surface area contributed by atoms with Crippen molar-refractivity contribution in [1.29, 1.82) is 0 Å². The fourth-order valence-electron chi connectivity index (χ4n) is 3.13. The van der Waals surface area contributed by atoms with Gasteiger partial charge in [0, 0.05) is 17.5 Å². The van der Waals surface area contributed by atoms with Crippen molar-refractivity contribution in [2.24, 2.45) is 0 Å². The Morgan fingerprint density at radius 1 is 1.17 bits per heavy atom. The molecule has 0 spiro atoms. The van der Waals surface area contributed by atoms with Crippen molar-refractivity contribution in [2.45, 2.75) is 58.0 Å². The summed E-state index contributed by atoms with van der Waals surface area (Å²) >= 11 is 1.43. The summed E-state index contributed by atoms with van der Waals surface area (Å²) < 4.78 is 46.3. The van der Waals surface area contributed by atoms with Gasteiger partial charge in [0.2, 0.25) is 0 Å². The van der Waals surface area contributed by atoms with Gasteiger partial charge in [0.1, 0.15) is 16.4 Å². The number of rotatable bonds is 3. The molecule has 0 N–H and O–H groups in total. The first kappa shape index (κ1) is 21.4. The number of carbonyl (C=O) groups is 1. The van der Waals surface area contributed by atoms with Crippen LogP contribution in [-0.2, 0) is 4.74 Å². The predicted molar refractivity (Wildman–Crippen MR) is 104 cm³/mol. The van der Waals surface area contributed by atoms with Gasteiger partial charge in [-0.3, -0.25) is 4.90 Å². The maximum atomic E-state index is 12.6. The van der Waals surface area contributed by atoms with Crippen LogP contribution in [0.25, 0.3) is 11.3 Å². The van der Waals surface area contributed by atoms with E-state index in [0.29, 0.717) is 17.8 Å². The number of thiazole rings is 1. The third-order valence-corrected chi connectivity index (χ3v) is 5.27. The van der Waals surface area contributed by atoms with Crippen LogP contribution in [-0.4, -0.2) is 34.5 Å². The van der Waals surface area contributed by atoms with Crippen molar-refractivity contribution in [3.8, 4) is 17.0 Å². The van der Waals surface area contributed by atoms with E-state index in [1.54, 1.807) is 4.90 Å². The zero-order chi connectivity index (χ0) is 21.2. The lowest BCUT2D eigenvalue weighted by Crippen LogP contribution is -2.41. The van der Waals surface area contributed by atoms with Gasteiger partial charge in [0.25, 0.3) is 0 Å². The molecule has 1 unspecified atom stereocenters. The Kier molecular flexibility index (Phi) is 6.07. The van der Waals surface area contributed by atoms with E-state index in [1.165, 1.54) is 35.6 Å². The van der Waals surface area contributed by atoms with Crippen LogP contribution in [0.3, 0.4) is 0 Å². The summed E-state index contributed by atoms with van der Waals surface area (Å²) in [6, 6.07) is 5.43. The minimum Gasteiger partial charge on any atom is -0.444 e. The number of hydrogen-bond acceptors (Lipinski definition) is 5. The number of likely N-dealkylation sites (tertiary alicyclic amines) is 1. The number of benzene rings is 1. The highest BCUT2D eigenvalue weighted by atomic mass is 32.1. The van der Waals surface area contributed by atoms with Crippen molar-refractivity contribution in [1.82, 2.24) is 9.88 Å². The lowest BCUT2D eigenvalue weighted by atomic mass is 10.0. The lowest BCUT2D eigenvalue weighted by Gasteiger charge is -2.35. The van der Waals surface area contributed by atoms with Crippen LogP contribution in [0, 0.1) is 0 Å². The minimum atomic E-state index is -4.72. The van der Waals surface area contributed by atoms with Crippen LogP contribution in [0.1, 0.15) is 51.1 Å². The molecule has 3 rings (SSSR count). The van der Waals surface area contributed by atoms with Crippen LogP contribution in [0.2, 0.25) is 0 Å². The first-order valence-corrected chi connectivity index (χ1v) is 10.2. The number of carbonyl (C=O) groups excluding carboxylic acids is 1. The molecular formula is C20H23F3N2O3S. The molecule has 0 saturated carbocycles. The van der Waals surface area contributed by atoms with Gasteiger partial charge in [-0.1, -0.05) is 0 Å². The SMILES string of the molecule is CC(C)(C)OC(=O)N1CCCCC1c1nc(-c2ccc(OC(F)(F)F)cc2)cs1. The van der Waals surface area contributed by atoms with E-state index in [1.807, 2.05) is 26.2 Å². The average molecular weight is 428 g/mol. The summed E-state index contributed by atoms with van der Waals surface area (Å²) in [6.07, 6.45) is -2.38. The topological polar surface area (TPSA) is 51.7 Å². The number of alkyl halides is 3. The van der Waals surface area contributed by atoms with Crippen molar-refractivity contribution < 1.29 is 27.4 Å². The second kappa shape index (κ2) is 8.22. The van der Waals surface area contributed by atoms with Crippen molar-refractivity contribution in [3.05, 3.63) is 34.7 Å². The summed E-state index contributed by atoms with van der Waals surface area (Å²) in [4.78, 5) is 19.0. The monoisotopic (exact) mass is 428 g/mol. The Hall–Kier alpha value is -2.29. The number of halogens is 3. The Morgan fingerprint density at radius 2 is 1.86 bits per heavy atom. The molecule has 1 amide bonds. The summed E-state index contributed by atoms with van der Waals surface area (Å²) in [7, 11) is 0. The maximum Gasteiger partial charge on any atom is 0.573 e. The smallest absolute Gasteiger partial charge is 0.444 e. The molecule has 29 heavy (non-hydrogen) atoms. The Labute approximate surface area is 171 Å². The van der Waals surface area contributed by atoms with Gasteiger partial charge in [-0.25, -0.2) is 9.78 Å². The Balaban J connectivity index is 1.76. The molecular weight excluding hydrogens is 405 g/mol. The number of aromatic nitrogens is 1. The van der Waals surface area contributed by atoms with Gasteiger partial charge < -0.3 is 9.47 Å². The molecule has 2 aromatic rings. The van der Waals surface area contributed by atoms with Crippen LogP contribution in [0.4, 0.5) is 18.0 Å². The van der Waals surface area contributed by atoms with Gasteiger partial charge >= 0.3 is 12.5 Å². The largest absolute Gasteiger partial charge is 0.573 e. The van der Waals surface area contributed by atoms with Crippen molar-refractivity contribution in [2.75, 3.05) is 6.54 Å². The van der Waals surface area contributed by atoms with E-state index in [-0.39, 0.29) is 17.9 Å². The quantitative estimate of drug-likeness (QED) is 0.587. The zero-order valence-electron chi connectivity index (χ0n) is 16.5. The van der Waals surface area contributed by atoms with E-state index >= 15 is 0 Å². The zero-order valence-corrected chi connectivity index (χ0v) is 17.3. The highest BCUT2D eigenvalue weighted by Gasteiger charge is 2.33. The van der Waals surface area contributed by atoms with E-state index in [2.05, 4.69) is 9.72 Å². The van der Waals surface area contributed by atoms with E-state index < -0.39 is 12.0 Å². The molecule has 1 aromatic heterocycles. The number of nitrogens with zero attached hydrogens (tertiary/aromatic N) is 2. The van der Waals surface area contributed by atoms with E-state index in [9.17, 15) is 18.0 Å². The van der Waals surface area contributed by atoms with Crippen molar-refractivity contribution >= 4 is 17.4 Å². The molecule has 0 aliphatic carbocycles. The molecule has 0 bridgehead atoms. The van der Waals surface area contributed by atoms with E-state index in [4.69, 9.17) is 4.74 Å². The second-order valence-electron chi connectivity index (χ2n) is 7.83. The fraction of sp³-hybridized carbons (Fsp3) is 0.500. The maximum absolute atomic E-state index is 12.6. The first-order valence-electron chi connectivity index (χ1n) is 9.33. The highest BCUT2D eigenvalue weighted by molar-refractivity contribution is 7.10. The molecule has 1 aromatic carbocycles. The molecule has 158 valence electrons. The van der Waals surface area contributed by atoms with Gasteiger partial charge in [0.05, 0.1) is 11.7 Å². The normalized spacial score (nSPS) is 17.9. The first-order chi connectivity index (χ1) is 13.5. The van der Waals surface area contributed by atoms with Crippen molar-refractivity contribution in [3.63, 3.8) is 0 Å². The Morgan fingerprint density at radius 3 is 2.48 bits per heavy atom. The molecule has 1 aliphatic rings. The second-order valence-corrected chi connectivity index (χ2v) is 8.72. The fourth-order valence-corrected chi connectivity index (χ4v) is 4.10. The predicted octanol–water partition coefficient (Wildman–Crippen LogP) is 6.17. The molecule has 0 radical (unpaired) electrons. The number of ether oxygens (including phenoxy) is 2. The Bertz CT molecular complexity index is 844. The van der Waals surface area contributed by atoms with Gasteiger partial charge in [-0.15, -0.1) is 24.5 Å². The van der Waals surface area contributed by atoms with Crippen LogP contribution in [0.15, 0.2) is 29.6 Å². The third kappa shape index (κ3) is 5.85. The lowest BCUT2D eigenvalue weighted by molar-refractivity contribution is -0.274.